The fourth-order valence-corrected chi connectivity index (χ4v) is 6.80. The molecule has 2 N–H and O–H groups in total. The summed E-state index contributed by atoms with van der Waals surface area (Å²) in [6.07, 6.45) is 3.68. The van der Waals surface area contributed by atoms with Gasteiger partial charge in [0.05, 0.1) is 18.2 Å². The van der Waals surface area contributed by atoms with Crippen LogP contribution in [0.15, 0.2) is 60.7 Å². The molecule has 0 radical (unpaired) electrons. The third-order valence-corrected chi connectivity index (χ3v) is 9.37. The smallest absolute Gasteiger partial charge is 0.328 e. The van der Waals surface area contributed by atoms with Crippen LogP contribution in [0.25, 0.3) is 0 Å². The number of cyclic esters (lactones) is 1. The number of ether oxygens (including phenoxy) is 3. The highest BCUT2D eigenvalue weighted by atomic mass is 35.5. The van der Waals surface area contributed by atoms with Crippen LogP contribution >= 0.6 is 11.6 Å². The van der Waals surface area contributed by atoms with Crippen LogP contribution in [-0.2, 0) is 35.1 Å². The number of hydrogen-bond acceptors (Lipinski definition) is 7. The predicted octanol–water partition coefficient (Wildman–Crippen LogP) is 6.57. The lowest BCUT2D eigenvalue weighted by Crippen LogP contribution is -2.48. The van der Waals surface area contributed by atoms with E-state index in [9.17, 15) is 19.2 Å². The predicted molar refractivity (Wildman–Crippen MR) is 189 cm³/mol. The molecule has 2 aliphatic rings. The largest absolute Gasteiger partial charge is 0.495 e. The second-order valence-electron chi connectivity index (χ2n) is 14.2. The number of carbonyl (C=O) groups is 4. The van der Waals surface area contributed by atoms with Crippen LogP contribution < -0.4 is 15.4 Å². The van der Waals surface area contributed by atoms with Gasteiger partial charge in [-0.2, -0.15) is 0 Å². The number of amides is 2. The maximum Gasteiger partial charge on any atom is 0.328 e. The fourth-order valence-electron chi connectivity index (χ4n) is 6.51. The van der Waals surface area contributed by atoms with Crippen LogP contribution in [-0.4, -0.2) is 55.0 Å². The highest BCUT2D eigenvalue weighted by Gasteiger charge is 2.47. The van der Waals surface area contributed by atoms with Gasteiger partial charge in [-0.15, -0.1) is 0 Å². The molecular formula is C39H51ClN2O7. The van der Waals surface area contributed by atoms with E-state index in [2.05, 4.69) is 10.6 Å². The summed E-state index contributed by atoms with van der Waals surface area (Å²) >= 11 is 6.39. The minimum absolute atomic E-state index is 0.0186. The van der Waals surface area contributed by atoms with E-state index in [4.69, 9.17) is 25.8 Å². The van der Waals surface area contributed by atoms with E-state index >= 15 is 0 Å². The Morgan fingerprint density at radius 1 is 0.918 bits per heavy atom. The van der Waals surface area contributed by atoms with Gasteiger partial charge in [-0.25, -0.2) is 4.79 Å². The number of benzene rings is 2. The van der Waals surface area contributed by atoms with Gasteiger partial charge in [0.1, 0.15) is 24.0 Å². The summed E-state index contributed by atoms with van der Waals surface area (Å²) in [5, 5.41) is 6.38. The van der Waals surface area contributed by atoms with Crippen molar-refractivity contribution in [2.45, 2.75) is 104 Å². The van der Waals surface area contributed by atoms with Gasteiger partial charge in [0.25, 0.3) is 0 Å². The molecule has 0 saturated carbocycles. The molecule has 2 aromatic carbocycles. The van der Waals surface area contributed by atoms with Crippen molar-refractivity contribution in [2.75, 3.05) is 7.11 Å². The quantitative estimate of drug-likeness (QED) is 0.213. The Labute approximate surface area is 295 Å². The standard InChI is InChI=1S/C39H51ClN2O7/c1-23(2)17-29-22-35(44)42-32(18-24(3)4)39(46)48-33(25(5)36-37(49-36)27-11-8-7-9-12-27)14-10-13-30(43)21-28(38(45)41-29)19-26-15-16-34(47-6)31(40)20-26/h7-13,15-16,20,23-25,28-29,32-33,36-37H,14,17-19,21-22H2,1-6H3,(H,41,45)(H,42,44)/b13-10+/t25-,28-,29?,32-,33-,36?,37?/m0/s1. The molecule has 49 heavy (non-hydrogen) atoms. The average molecular weight is 695 g/mol. The van der Waals surface area contributed by atoms with Crippen LogP contribution in [0.3, 0.4) is 0 Å². The number of ketones is 1. The van der Waals surface area contributed by atoms with Gasteiger partial charge < -0.3 is 24.8 Å². The van der Waals surface area contributed by atoms with Crippen molar-refractivity contribution >= 4 is 35.2 Å². The Kier molecular flexibility index (Phi) is 13.9. The van der Waals surface area contributed by atoms with Crippen LogP contribution in [0, 0.1) is 23.7 Å². The Hall–Kier alpha value is -3.69. The zero-order chi connectivity index (χ0) is 35.7. The van der Waals surface area contributed by atoms with Crippen molar-refractivity contribution < 1.29 is 33.4 Å². The number of carbonyl (C=O) groups excluding carboxylic acids is 4. The second-order valence-corrected chi connectivity index (χ2v) is 14.6. The lowest BCUT2D eigenvalue weighted by Gasteiger charge is -2.28. The number of hydrogen-bond donors (Lipinski definition) is 2. The first-order valence-corrected chi connectivity index (χ1v) is 17.7. The number of epoxide rings is 1. The zero-order valence-electron chi connectivity index (χ0n) is 29.4. The average Bonchev–Trinajstić information content (AvgIpc) is 3.84. The monoisotopic (exact) mass is 694 g/mol. The number of allylic oxidation sites excluding steroid dienone is 1. The van der Waals surface area contributed by atoms with Crippen molar-refractivity contribution in [3.63, 3.8) is 0 Å². The SMILES string of the molecule is COc1ccc(C[C@H]2CC(=O)/C=C/C[C@@H]([C@H](C)C3OC3c3ccccc3)OC(=O)[C@H](CC(C)C)NC(=O)CC(CC(C)C)NC2=O)cc1Cl. The first kappa shape index (κ1) is 38.1. The van der Waals surface area contributed by atoms with Gasteiger partial charge >= 0.3 is 5.97 Å². The van der Waals surface area contributed by atoms with Crippen LogP contribution in [0.5, 0.6) is 5.75 Å². The Balaban J connectivity index is 1.63. The van der Waals surface area contributed by atoms with Crippen LogP contribution in [0.2, 0.25) is 5.02 Å². The topological polar surface area (TPSA) is 123 Å². The number of rotatable bonds is 10. The number of nitrogens with one attached hydrogen (secondary N) is 2. The molecule has 9 nitrogen and oxygen atoms in total. The normalized spacial score (nSPS) is 26.9. The molecule has 7 atom stereocenters. The van der Waals surface area contributed by atoms with Crippen molar-refractivity contribution in [3.8, 4) is 5.75 Å². The van der Waals surface area contributed by atoms with Crippen molar-refractivity contribution in [1.82, 2.24) is 10.6 Å². The molecule has 4 rings (SSSR count). The molecule has 10 heteroatoms. The Bertz CT molecular complexity index is 1480. The number of methoxy groups -OCH3 is 1. The van der Waals surface area contributed by atoms with Gasteiger partial charge in [0, 0.05) is 37.1 Å². The van der Waals surface area contributed by atoms with Crippen molar-refractivity contribution in [2.24, 2.45) is 23.7 Å². The summed E-state index contributed by atoms with van der Waals surface area (Å²) in [6, 6.07) is 13.8. The lowest BCUT2D eigenvalue weighted by molar-refractivity contribution is -0.156. The van der Waals surface area contributed by atoms with Gasteiger partial charge in [0.2, 0.25) is 11.8 Å². The molecule has 0 aliphatic carbocycles. The number of esters is 1. The third-order valence-electron chi connectivity index (χ3n) is 9.08. The maximum atomic E-state index is 13.8. The lowest BCUT2D eigenvalue weighted by atomic mass is 9.91. The first-order chi connectivity index (χ1) is 23.3. The summed E-state index contributed by atoms with van der Waals surface area (Å²) in [6.45, 7) is 9.97. The molecule has 2 amide bonds. The van der Waals surface area contributed by atoms with E-state index < -0.39 is 30.1 Å². The minimum atomic E-state index is -0.867. The van der Waals surface area contributed by atoms with Gasteiger partial charge in [-0.1, -0.05) is 88.7 Å². The summed E-state index contributed by atoms with van der Waals surface area (Å²) in [5.74, 6) is -1.54. The molecule has 266 valence electrons. The molecule has 3 unspecified atom stereocenters. The van der Waals surface area contributed by atoms with Crippen molar-refractivity contribution in [1.29, 1.82) is 0 Å². The molecule has 1 fully saturated rings. The number of halogens is 1. The molecule has 0 bridgehead atoms. The molecule has 2 aliphatic heterocycles. The van der Waals surface area contributed by atoms with E-state index in [1.165, 1.54) is 13.2 Å². The van der Waals surface area contributed by atoms with Gasteiger partial charge in [0.15, 0.2) is 5.78 Å². The Morgan fingerprint density at radius 3 is 2.29 bits per heavy atom. The molecule has 0 spiro atoms. The second kappa shape index (κ2) is 17.8. The molecular weight excluding hydrogens is 644 g/mol. The van der Waals surface area contributed by atoms with Gasteiger partial charge in [-0.05, 0) is 60.4 Å². The zero-order valence-corrected chi connectivity index (χ0v) is 30.2. The van der Waals surface area contributed by atoms with E-state index in [-0.39, 0.29) is 73.2 Å². The minimum Gasteiger partial charge on any atom is -0.495 e. The Morgan fingerprint density at radius 2 is 1.63 bits per heavy atom. The van der Waals surface area contributed by atoms with E-state index in [1.807, 2.05) is 71.0 Å². The summed E-state index contributed by atoms with van der Waals surface area (Å²) in [4.78, 5) is 54.4. The van der Waals surface area contributed by atoms with Crippen molar-refractivity contribution in [3.05, 3.63) is 76.8 Å². The van der Waals surface area contributed by atoms with E-state index in [0.717, 1.165) is 11.1 Å². The van der Waals surface area contributed by atoms with Gasteiger partial charge in [-0.3, -0.25) is 14.4 Å². The van der Waals surface area contributed by atoms with E-state index in [0.29, 0.717) is 23.6 Å². The maximum absolute atomic E-state index is 13.8. The van der Waals surface area contributed by atoms with Crippen LogP contribution in [0.4, 0.5) is 0 Å². The fraction of sp³-hybridized carbons (Fsp3) is 0.538. The summed E-state index contributed by atoms with van der Waals surface area (Å²) < 4.78 is 17.5. The summed E-state index contributed by atoms with van der Waals surface area (Å²) in [7, 11) is 1.53. The molecule has 0 aromatic heterocycles. The highest BCUT2D eigenvalue weighted by Crippen LogP contribution is 2.45. The summed E-state index contributed by atoms with van der Waals surface area (Å²) in [5.41, 5.74) is 1.83. The molecule has 1 saturated heterocycles. The first-order valence-electron chi connectivity index (χ1n) is 17.4. The third kappa shape index (κ3) is 11.4. The van der Waals surface area contributed by atoms with Crippen LogP contribution in [0.1, 0.15) is 84.0 Å². The molecule has 2 heterocycles. The highest BCUT2D eigenvalue weighted by molar-refractivity contribution is 6.32. The van der Waals surface area contributed by atoms with E-state index in [1.54, 1.807) is 18.2 Å². The molecule has 2 aromatic rings.